The molecule has 122 valence electrons. The Morgan fingerprint density at radius 2 is 1.46 bits per heavy atom. The summed E-state index contributed by atoms with van der Waals surface area (Å²) in [4.78, 5) is 0. The standard InChI is InChI=1S/C11H12P.C9H7.2FH.Hf/c1-12(2)11-7-9-5-3-4-6-10(9)8-11;1-2-5-9-7-3-6-8(9)4-1;;;/h3-8H,1-2H3;1-7H;2*1H;/q;;;;+2/p-2. The third-order valence-corrected chi connectivity index (χ3v) is 13.4. The first kappa shape index (κ1) is 19.4. The Hall–Kier alpha value is -0.920. The molecule has 0 saturated heterocycles. The molecule has 2 aliphatic rings. The van der Waals surface area contributed by atoms with Gasteiger partial charge in [-0.15, -0.1) is 0 Å². The van der Waals surface area contributed by atoms with Gasteiger partial charge in [0.25, 0.3) is 0 Å². The monoisotopic (exact) mass is 508 g/mol. The normalized spacial score (nSPS) is 19.7. The quantitative estimate of drug-likeness (QED) is 0.396. The van der Waals surface area contributed by atoms with Crippen molar-refractivity contribution in [1.82, 2.24) is 0 Å². The second-order valence-corrected chi connectivity index (χ2v) is 14.0. The average molecular weight is 507 g/mol. The van der Waals surface area contributed by atoms with Gasteiger partial charge in [0, 0.05) is 0 Å². The van der Waals surface area contributed by atoms with E-state index < -0.39 is 22.9 Å². The van der Waals surface area contributed by atoms with Crippen molar-refractivity contribution < 1.29 is 32.3 Å². The topological polar surface area (TPSA) is 0 Å². The predicted octanol–water partition coefficient (Wildman–Crippen LogP) is -0.318. The second-order valence-electron chi connectivity index (χ2n) is 6.16. The fourth-order valence-corrected chi connectivity index (χ4v) is 14.0. The Bertz CT molecular complexity index is 783. The van der Waals surface area contributed by atoms with E-state index in [1.54, 1.807) is 16.4 Å². The summed E-state index contributed by atoms with van der Waals surface area (Å²) in [7, 11) is 0.0109. The molecule has 0 aromatic heterocycles. The van der Waals surface area contributed by atoms with Crippen LogP contribution in [0.1, 0.15) is 29.6 Å². The van der Waals surface area contributed by atoms with Crippen molar-refractivity contribution in [3.8, 4) is 0 Å². The van der Waals surface area contributed by atoms with Crippen LogP contribution < -0.4 is 9.41 Å². The van der Waals surface area contributed by atoms with Crippen LogP contribution in [0.3, 0.4) is 0 Å². The minimum Gasteiger partial charge on any atom is -1.00 e. The van der Waals surface area contributed by atoms with Crippen molar-refractivity contribution in [3.05, 3.63) is 82.2 Å². The van der Waals surface area contributed by atoms with E-state index >= 15 is 0 Å². The zero-order valence-corrected chi connectivity index (χ0v) is 18.2. The van der Waals surface area contributed by atoms with Gasteiger partial charge in [0.15, 0.2) is 0 Å². The maximum atomic E-state index is 2.50. The van der Waals surface area contributed by atoms with Crippen molar-refractivity contribution in [2.24, 2.45) is 0 Å². The Kier molecular flexibility index (Phi) is 6.45. The zero-order valence-electron chi connectivity index (χ0n) is 13.7. The minimum atomic E-state index is -0.877. The Labute approximate surface area is 154 Å². The summed E-state index contributed by atoms with van der Waals surface area (Å²) in [6, 6.07) is 18.1. The van der Waals surface area contributed by atoms with E-state index in [1.165, 1.54) is 11.1 Å². The van der Waals surface area contributed by atoms with Gasteiger partial charge in [-0.2, -0.15) is 0 Å². The molecular formula is C20H19F2HfP. The molecule has 4 heteroatoms. The Balaban J connectivity index is 0.00000104. The number of allylic oxidation sites excluding steroid dienone is 2. The van der Waals surface area contributed by atoms with Crippen LogP contribution in [0.2, 0.25) is 0 Å². The first-order valence-electron chi connectivity index (χ1n) is 7.75. The molecule has 0 spiro atoms. The van der Waals surface area contributed by atoms with Crippen molar-refractivity contribution >= 4 is 20.1 Å². The van der Waals surface area contributed by atoms with Crippen LogP contribution in [0, 0.1) is 0 Å². The third kappa shape index (κ3) is 3.39. The van der Waals surface area contributed by atoms with Crippen molar-refractivity contribution in [1.29, 1.82) is 0 Å². The fraction of sp³-hybridized carbons (Fsp3) is 0.200. The van der Waals surface area contributed by atoms with Gasteiger partial charge in [0.2, 0.25) is 0 Å². The molecule has 24 heavy (non-hydrogen) atoms. The van der Waals surface area contributed by atoms with E-state index in [2.05, 4.69) is 80.1 Å². The summed E-state index contributed by atoms with van der Waals surface area (Å²) in [5.41, 5.74) is 6.15. The maximum Gasteiger partial charge on any atom is -1.00 e. The smallest absolute Gasteiger partial charge is 1.00 e. The summed E-state index contributed by atoms with van der Waals surface area (Å²) in [5, 5.41) is 1.75. The molecule has 0 N–H and O–H groups in total. The van der Waals surface area contributed by atoms with Gasteiger partial charge in [-0.25, -0.2) is 0 Å². The summed E-state index contributed by atoms with van der Waals surface area (Å²) in [6.07, 6.45) is 7.33. The van der Waals surface area contributed by atoms with E-state index in [-0.39, 0.29) is 17.3 Å². The predicted molar refractivity (Wildman–Crippen MR) is 94.1 cm³/mol. The number of halogens is 2. The average Bonchev–Trinajstić information content (AvgIpc) is 3.10. The largest absolute Gasteiger partial charge is 1.00 e. The molecule has 2 aromatic rings. The van der Waals surface area contributed by atoms with Crippen LogP contribution in [0.4, 0.5) is 0 Å². The van der Waals surface area contributed by atoms with Gasteiger partial charge in [0.1, 0.15) is 0 Å². The first-order valence-corrected chi connectivity index (χ1v) is 14.1. The Morgan fingerprint density at radius 3 is 2.17 bits per heavy atom. The van der Waals surface area contributed by atoms with Crippen molar-refractivity contribution in [2.45, 2.75) is 7.35 Å². The molecule has 0 heterocycles. The zero-order chi connectivity index (χ0) is 15.1. The van der Waals surface area contributed by atoms with Crippen LogP contribution in [0.15, 0.2) is 59.9 Å². The van der Waals surface area contributed by atoms with Crippen LogP contribution in [-0.2, 0) is 22.9 Å². The summed E-state index contributed by atoms with van der Waals surface area (Å²) >= 11 is -0.877. The molecule has 0 nitrogen and oxygen atoms in total. The number of rotatable bonds is 3. The fourth-order valence-electron chi connectivity index (χ4n) is 3.44. The van der Waals surface area contributed by atoms with E-state index in [0.29, 0.717) is 0 Å². The van der Waals surface area contributed by atoms with Gasteiger partial charge in [0.05, 0.1) is 0 Å². The molecule has 0 amide bonds. The van der Waals surface area contributed by atoms with Gasteiger partial charge in [-0.1, -0.05) is 0 Å². The molecule has 4 rings (SSSR count). The molecular weight excluding hydrogens is 488 g/mol. The third-order valence-electron chi connectivity index (χ3n) is 4.57. The van der Waals surface area contributed by atoms with Gasteiger partial charge >= 0.3 is 146 Å². The number of benzene rings is 2. The number of hydrogen-bond donors (Lipinski definition) is 0. The van der Waals surface area contributed by atoms with Crippen LogP contribution in [0.5, 0.6) is 0 Å². The van der Waals surface area contributed by atoms with E-state index in [9.17, 15) is 0 Å². The summed E-state index contributed by atoms with van der Waals surface area (Å²) in [5.74, 6) is 0. The second kappa shape index (κ2) is 7.97. The van der Waals surface area contributed by atoms with Crippen molar-refractivity contribution in [3.63, 3.8) is 0 Å². The van der Waals surface area contributed by atoms with E-state index in [4.69, 9.17) is 0 Å². The molecule has 0 bridgehead atoms. The van der Waals surface area contributed by atoms with Crippen molar-refractivity contribution in [2.75, 3.05) is 13.3 Å². The summed E-state index contributed by atoms with van der Waals surface area (Å²) < 4.78 is 1.55. The van der Waals surface area contributed by atoms with Crippen LogP contribution >= 0.6 is 7.92 Å². The minimum absolute atomic E-state index is 0. The number of fused-ring (bicyclic) bond motifs is 2. The van der Waals surface area contributed by atoms with Crippen LogP contribution in [-0.4, -0.2) is 13.3 Å². The first-order chi connectivity index (χ1) is 10.7. The number of hydrogen-bond acceptors (Lipinski definition) is 0. The maximum absolute atomic E-state index is 2.50. The molecule has 0 radical (unpaired) electrons. The molecule has 2 aromatic carbocycles. The molecule has 0 fully saturated rings. The van der Waals surface area contributed by atoms with Gasteiger partial charge in [-0.3, -0.25) is 0 Å². The van der Waals surface area contributed by atoms with Gasteiger partial charge < -0.3 is 9.41 Å². The molecule has 0 saturated carbocycles. The molecule has 2 atom stereocenters. The molecule has 0 aliphatic heterocycles. The summed E-state index contributed by atoms with van der Waals surface area (Å²) in [6.45, 7) is 4.84. The van der Waals surface area contributed by atoms with E-state index in [1.807, 2.05) is 0 Å². The Morgan fingerprint density at radius 1 is 0.833 bits per heavy atom. The van der Waals surface area contributed by atoms with E-state index in [0.717, 1.165) is 7.35 Å². The van der Waals surface area contributed by atoms with Gasteiger partial charge in [-0.05, 0) is 0 Å². The molecule has 2 unspecified atom stereocenters. The van der Waals surface area contributed by atoms with Crippen LogP contribution in [0.25, 0.3) is 12.2 Å². The molecule has 2 aliphatic carbocycles. The SMILES string of the molecule is CP(C)C1=Cc2ccccc2[CH]1[Hf+2][CH]1C=Cc2ccccc21.[F-].[F-].